The fourth-order valence-corrected chi connectivity index (χ4v) is 3.12. The van der Waals surface area contributed by atoms with Crippen LogP contribution < -0.4 is 4.74 Å². The van der Waals surface area contributed by atoms with E-state index in [1.807, 2.05) is 13.8 Å². The number of allylic oxidation sites excluding steroid dienone is 1. The van der Waals surface area contributed by atoms with Gasteiger partial charge in [-0.3, -0.25) is 4.79 Å². The van der Waals surface area contributed by atoms with Crippen LogP contribution >= 0.6 is 23.4 Å². The summed E-state index contributed by atoms with van der Waals surface area (Å²) in [4.78, 5) is 34.5. The van der Waals surface area contributed by atoms with Crippen LogP contribution in [0.5, 0.6) is 5.88 Å². The third-order valence-electron chi connectivity index (χ3n) is 3.68. The molecule has 0 unspecified atom stereocenters. The van der Waals surface area contributed by atoms with Crippen molar-refractivity contribution in [3.8, 4) is 5.88 Å². The number of carbonyl (C=O) groups is 2. The van der Waals surface area contributed by atoms with Crippen molar-refractivity contribution < 1.29 is 14.3 Å². The minimum atomic E-state index is -0.533. The molecular weight excluding hydrogens is 398 g/mol. The van der Waals surface area contributed by atoms with Crippen LogP contribution in [0, 0.1) is 6.92 Å². The zero-order valence-corrected chi connectivity index (χ0v) is 17.9. The smallest absolute Gasteiger partial charge is 0.391 e. The largest absolute Gasteiger partial charge is 0.416 e. The topological polar surface area (TPSA) is 72.4 Å². The molecule has 0 saturated carbocycles. The number of aryl methyl sites for hydroxylation is 1. The Kier molecular flexibility index (Phi) is 7.60. The summed E-state index contributed by atoms with van der Waals surface area (Å²) in [5.74, 6) is 0.276. The predicted octanol–water partition coefficient (Wildman–Crippen LogP) is 4.59. The SMILES string of the molecule is C=C(C)Cc1c(C)nc(SCC(=O)c2ccc(Cl)cc2)nc1OC(=O)N(C)C. The van der Waals surface area contributed by atoms with Crippen molar-refractivity contribution in [2.75, 3.05) is 19.8 Å². The molecule has 0 aliphatic rings. The molecule has 2 rings (SSSR count). The van der Waals surface area contributed by atoms with E-state index in [0.29, 0.717) is 33.4 Å². The van der Waals surface area contributed by atoms with Crippen LogP contribution in [0.2, 0.25) is 5.02 Å². The average molecular weight is 420 g/mol. The molecule has 148 valence electrons. The van der Waals surface area contributed by atoms with Gasteiger partial charge in [-0.25, -0.2) is 9.78 Å². The number of rotatable bonds is 7. The number of halogens is 1. The van der Waals surface area contributed by atoms with Gasteiger partial charge in [0.25, 0.3) is 0 Å². The molecule has 1 heterocycles. The summed E-state index contributed by atoms with van der Waals surface area (Å²) in [6, 6.07) is 6.70. The normalized spacial score (nSPS) is 10.5. The van der Waals surface area contributed by atoms with Gasteiger partial charge in [0, 0.05) is 35.9 Å². The van der Waals surface area contributed by atoms with Gasteiger partial charge < -0.3 is 9.64 Å². The summed E-state index contributed by atoms with van der Waals surface area (Å²) in [6.07, 6.45) is -0.0365. The number of ether oxygens (including phenoxy) is 1. The Morgan fingerprint density at radius 2 is 1.86 bits per heavy atom. The van der Waals surface area contributed by atoms with Gasteiger partial charge in [-0.1, -0.05) is 35.5 Å². The molecule has 1 aromatic carbocycles. The number of aromatic nitrogens is 2. The van der Waals surface area contributed by atoms with E-state index in [0.717, 1.165) is 5.57 Å². The number of benzene rings is 1. The summed E-state index contributed by atoms with van der Waals surface area (Å²) in [5, 5.41) is 0.940. The van der Waals surface area contributed by atoms with Crippen LogP contribution in [0.3, 0.4) is 0 Å². The standard InChI is InChI=1S/C20H22ClN3O3S/c1-12(2)10-16-13(3)22-19(23-18(16)27-20(26)24(4)5)28-11-17(25)14-6-8-15(21)9-7-14/h6-9H,1,10-11H2,2-5H3. The Hall–Kier alpha value is -2.38. The first-order valence-electron chi connectivity index (χ1n) is 8.50. The van der Waals surface area contributed by atoms with Crippen molar-refractivity contribution in [2.45, 2.75) is 25.4 Å². The molecule has 0 saturated heterocycles. The van der Waals surface area contributed by atoms with Gasteiger partial charge in [0.05, 0.1) is 5.75 Å². The highest BCUT2D eigenvalue weighted by atomic mass is 35.5. The molecule has 8 heteroatoms. The van der Waals surface area contributed by atoms with Crippen LogP contribution in [0.15, 0.2) is 41.6 Å². The maximum absolute atomic E-state index is 12.4. The molecule has 0 N–H and O–H groups in total. The van der Waals surface area contributed by atoms with Gasteiger partial charge in [0.15, 0.2) is 10.9 Å². The van der Waals surface area contributed by atoms with Crippen LogP contribution in [-0.4, -0.2) is 46.6 Å². The second kappa shape index (κ2) is 9.71. The van der Waals surface area contributed by atoms with E-state index in [-0.39, 0.29) is 17.4 Å². The lowest BCUT2D eigenvalue weighted by atomic mass is 10.1. The van der Waals surface area contributed by atoms with Gasteiger partial charge in [-0.15, -0.1) is 0 Å². The zero-order chi connectivity index (χ0) is 20.8. The Morgan fingerprint density at radius 3 is 2.43 bits per heavy atom. The molecule has 2 aromatic rings. The first-order chi connectivity index (χ1) is 13.2. The number of Topliss-reactive ketones (excluding diaryl/α,β-unsaturated/α-hetero) is 1. The molecule has 0 aliphatic heterocycles. The number of ketones is 1. The lowest BCUT2D eigenvalue weighted by Gasteiger charge is -2.15. The molecule has 0 aliphatic carbocycles. The number of carbonyl (C=O) groups excluding carboxylic acids is 2. The van der Waals surface area contributed by atoms with Crippen LogP contribution in [0.4, 0.5) is 4.79 Å². The van der Waals surface area contributed by atoms with E-state index >= 15 is 0 Å². The van der Waals surface area contributed by atoms with Crippen molar-refractivity contribution in [1.82, 2.24) is 14.9 Å². The number of amides is 1. The average Bonchev–Trinajstić information content (AvgIpc) is 2.62. The quantitative estimate of drug-likeness (QED) is 0.283. The minimum Gasteiger partial charge on any atom is -0.391 e. The van der Waals surface area contributed by atoms with Crippen LogP contribution in [-0.2, 0) is 6.42 Å². The monoisotopic (exact) mass is 419 g/mol. The van der Waals surface area contributed by atoms with Crippen molar-refractivity contribution in [3.63, 3.8) is 0 Å². The molecular formula is C20H22ClN3O3S. The second-order valence-corrected chi connectivity index (χ2v) is 7.87. The van der Waals surface area contributed by atoms with Crippen LogP contribution in [0.1, 0.15) is 28.5 Å². The molecule has 0 spiro atoms. The van der Waals surface area contributed by atoms with Crippen molar-refractivity contribution >= 4 is 35.2 Å². The molecule has 0 radical (unpaired) electrons. The highest BCUT2D eigenvalue weighted by Crippen LogP contribution is 2.26. The number of hydrogen-bond donors (Lipinski definition) is 0. The first kappa shape index (κ1) is 21.9. The molecule has 6 nitrogen and oxygen atoms in total. The Morgan fingerprint density at radius 1 is 1.21 bits per heavy atom. The lowest BCUT2D eigenvalue weighted by Crippen LogP contribution is -2.26. The van der Waals surface area contributed by atoms with E-state index in [9.17, 15) is 9.59 Å². The summed E-state index contributed by atoms with van der Waals surface area (Å²) in [6.45, 7) is 7.60. The predicted molar refractivity (Wildman–Crippen MR) is 112 cm³/mol. The van der Waals surface area contributed by atoms with E-state index in [4.69, 9.17) is 16.3 Å². The van der Waals surface area contributed by atoms with Crippen molar-refractivity contribution in [3.05, 3.63) is 58.3 Å². The van der Waals surface area contributed by atoms with Gasteiger partial charge >= 0.3 is 6.09 Å². The maximum atomic E-state index is 12.4. The second-order valence-electron chi connectivity index (χ2n) is 6.49. The van der Waals surface area contributed by atoms with E-state index in [1.165, 1.54) is 16.7 Å². The number of thioether (sulfide) groups is 1. The fraction of sp³-hybridized carbons (Fsp3) is 0.300. The van der Waals surface area contributed by atoms with Gasteiger partial charge in [-0.05, 0) is 44.5 Å². The lowest BCUT2D eigenvalue weighted by molar-refractivity contribution is 0.102. The van der Waals surface area contributed by atoms with Gasteiger partial charge in [-0.2, -0.15) is 4.98 Å². The highest BCUT2D eigenvalue weighted by molar-refractivity contribution is 7.99. The van der Waals surface area contributed by atoms with Crippen molar-refractivity contribution in [2.24, 2.45) is 0 Å². The third-order valence-corrected chi connectivity index (χ3v) is 4.78. The minimum absolute atomic E-state index is 0.0687. The Labute approximate surface area is 174 Å². The van der Waals surface area contributed by atoms with Gasteiger partial charge in [0.2, 0.25) is 5.88 Å². The van der Waals surface area contributed by atoms with Crippen LogP contribution in [0.25, 0.3) is 0 Å². The molecule has 0 fully saturated rings. The molecule has 0 bridgehead atoms. The zero-order valence-electron chi connectivity index (χ0n) is 16.3. The molecule has 0 atom stereocenters. The molecule has 1 aromatic heterocycles. The Bertz CT molecular complexity index is 898. The maximum Gasteiger partial charge on any atom is 0.416 e. The highest BCUT2D eigenvalue weighted by Gasteiger charge is 2.18. The van der Waals surface area contributed by atoms with E-state index in [2.05, 4.69) is 16.5 Å². The number of nitrogens with zero attached hydrogens (tertiary/aromatic N) is 3. The van der Waals surface area contributed by atoms with E-state index in [1.54, 1.807) is 38.4 Å². The molecule has 28 heavy (non-hydrogen) atoms. The van der Waals surface area contributed by atoms with E-state index < -0.39 is 6.09 Å². The summed E-state index contributed by atoms with van der Waals surface area (Å²) in [5.41, 5.74) is 2.84. The number of hydrogen-bond acceptors (Lipinski definition) is 6. The summed E-state index contributed by atoms with van der Waals surface area (Å²) >= 11 is 7.04. The Balaban J connectivity index is 2.22. The summed E-state index contributed by atoms with van der Waals surface area (Å²) < 4.78 is 5.42. The van der Waals surface area contributed by atoms with Gasteiger partial charge in [0.1, 0.15) is 0 Å². The third kappa shape index (κ3) is 6.07. The first-order valence-corrected chi connectivity index (χ1v) is 9.86. The molecule has 1 amide bonds. The van der Waals surface area contributed by atoms with Crippen molar-refractivity contribution in [1.29, 1.82) is 0 Å². The fourth-order valence-electron chi connectivity index (χ4n) is 2.22. The summed E-state index contributed by atoms with van der Waals surface area (Å²) in [7, 11) is 3.19.